The van der Waals surface area contributed by atoms with E-state index in [1.807, 2.05) is 19.9 Å². The molecule has 1 atom stereocenters. The molecule has 2 aromatic carbocycles. The standard InChI is InChI=1S/C20H20FNO2/c1-4-14(2)24-19-10-9-15(12-20(19)23-3)11-16(13-22)17-7-5-6-8-18(17)21/h5-12,14H,4H2,1-3H3/b16-11-/t14-/m0/s1. The minimum absolute atomic E-state index is 0.0772. The van der Waals surface area contributed by atoms with E-state index < -0.39 is 5.82 Å². The summed E-state index contributed by atoms with van der Waals surface area (Å²) in [6.45, 7) is 4.03. The highest BCUT2D eigenvalue weighted by Crippen LogP contribution is 2.31. The number of rotatable bonds is 6. The SMILES string of the molecule is CC[C@H](C)Oc1ccc(/C=C(/C#N)c2ccccc2F)cc1OC. The van der Waals surface area contributed by atoms with Gasteiger partial charge in [-0.1, -0.05) is 31.2 Å². The number of methoxy groups -OCH3 is 1. The second-order valence-electron chi connectivity index (χ2n) is 5.40. The van der Waals surface area contributed by atoms with Crippen LogP contribution >= 0.6 is 0 Å². The second-order valence-corrected chi connectivity index (χ2v) is 5.40. The fourth-order valence-electron chi connectivity index (χ4n) is 2.19. The number of halogens is 1. The van der Waals surface area contributed by atoms with Crippen LogP contribution in [0.15, 0.2) is 42.5 Å². The van der Waals surface area contributed by atoms with Gasteiger partial charge in [0.1, 0.15) is 5.82 Å². The van der Waals surface area contributed by atoms with Crippen LogP contribution in [0.3, 0.4) is 0 Å². The molecule has 0 aromatic heterocycles. The summed E-state index contributed by atoms with van der Waals surface area (Å²) in [5.41, 5.74) is 1.27. The van der Waals surface area contributed by atoms with E-state index in [0.717, 1.165) is 12.0 Å². The van der Waals surface area contributed by atoms with Crippen LogP contribution < -0.4 is 9.47 Å². The number of benzene rings is 2. The van der Waals surface area contributed by atoms with Crippen molar-refractivity contribution in [3.63, 3.8) is 0 Å². The minimum Gasteiger partial charge on any atom is -0.493 e. The monoisotopic (exact) mass is 325 g/mol. The lowest BCUT2D eigenvalue weighted by atomic mass is 10.0. The second kappa shape index (κ2) is 8.16. The van der Waals surface area contributed by atoms with E-state index in [9.17, 15) is 9.65 Å². The molecule has 4 heteroatoms. The maximum absolute atomic E-state index is 13.9. The molecule has 0 unspecified atom stereocenters. The van der Waals surface area contributed by atoms with Crippen LogP contribution in [0.2, 0.25) is 0 Å². The van der Waals surface area contributed by atoms with Crippen molar-refractivity contribution in [2.45, 2.75) is 26.4 Å². The Bertz CT molecular complexity index is 777. The van der Waals surface area contributed by atoms with E-state index >= 15 is 0 Å². The zero-order chi connectivity index (χ0) is 17.5. The Morgan fingerprint density at radius 1 is 1.25 bits per heavy atom. The predicted octanol–water partition coefficient (Wildman–Crippen LogP) is 5.08. The minimum atomic E-state index is -0.422. The Balaban J connectivity index is 2.38. The lowest BCUT2D eigenvalue weighted by molar-refractivity contribution is 0.207. The first-order valence-corrected chi connectivity index (χ1v) is 7.80. The highest BCUT2D eigenvalue weighted by molar-refractivity contribution is 5.90. The van der Waals surface area contributed by atoms with E-state index in [0.29, 0.717) is 11.5 Å². The van der Waals surface area contributed by atoms with Crippen molar-refractivity contribution >= 4 is 11.6 Å². The highest BCUT2D eigenvalue weighted by Gasteiger charge is 2.10. The third-order valence-corrected chi connectivity index (χ3v) is 3.69. The van der Waals surface area contributed by atoms with Gasteiger partial charge in [-0.25, -0.2) is 4.39 Å². The topological polar surface area (TPSA) is 42.2 Å². The van der Waals surface area contributed by atoms with Crippen LogP contribution in [-0.2, 0) is 0 Å². The van der Waals surface area contributed by atoms with Gasteiger partial charge in [0.2, 0.25) is 0 Å². The summed E-state index contributed by atoms with van der Waals surface area (Å²) in [6.07, 6.45) is 2.60. The smallest absolute Gasteiger partial charge is 0.161 e. The molecule has 0 saturated carbocycles. The highest BCUT2D eigenvalue weighted by atomic mass is 19.1. The van der Waals surface area contributed by atoms with E-state index in [-0.39, 0.29) is 17.2 Å². The molecule has 0 aliphatic carbocycles. The van der Waals surface area contributed by atoms with Gasteiger partial charge in [0.15, 0.2) is 11.5 Å². The first kappa shape index (κ1) is 17.6. The largest absolute Gasteiger partial charge is 0.493 e. The summed E-state index contributed by atoms with van der Waals surface area (Å²) >= 11 is 0. The number of nitriles is 1. The molecule has 2 rings (SSSR count). The first-order chi connectivity index (χ1) is 11.6. The summed E-state index contributed by atoms with van der Waals surface area (Å²) < 4.78 is 25.1. The summed E-state index contributed by atoms with van der Waals surface area (Å²) in [5, 5.41) is 9.36. The average Bonchev–Trinajstić information content (AvgIpc) is 2.61. The van der Waals surface area contributed by atoms with Gasteiger partial charge >= 0.3 is 0 Å². The van der Waals surface area contributed by atoms with Crippen molar-refractivity contribution in [1.82, 2.24) is 0 Å². The van der Waals surface area contributed by atoms with Crippen molar-refractivity contribution in [3.05, 3.63) is 59.4 Å². The molecule has 0 aliphatic rings. The van der Waals surface area contributed by atoms with Gasteiger partial charge < -0.3 is 9.47 Å². The van der Waals surface area contributed by atoms with Crippen LogP contribution in [0.5, 0.6) is 11.5 Å². The van der Waals surface area contributed by atoms with Crippen LogP contribution in [0.25, 0.3) is 11.6 Å². The summed E-state index contributed by atoms with van der Waals surface area (Å²) in [6, 6.07) is 13.7. The number of hydrogen-bond donors (Lipinski definition) is 0. The van der Waals surface area contributed by atoms with Gasteiger partial charge in [-0.15, -0.1) is 0 Å². The van der Waals surface area contributed by atoms with E-state index in [4.69, 9.17) is 9.47 Å². The van der Waals surface area contributed by atoms with Crippen LogP contribution in [0.1, 0.15) is 31.4 Å². The molecule has 0 radical (unpaired) electrons. The fourth-order valence-corrected chi connectivity index (χ4v) is 2.19. The first-order valence-electron chi connectivity index (χ1n) is 7.80. The molecule has 0 aliphatic heterocycles. The molecule has 0 heterocycles. The van der Waals surface area contributed by atoms with Gasteiger partial charge in [-0.3, -0.25) is 0 Å². The molecular weight excluding hydrogens is 305 g/mol. The number of hydrogen-bond acceptors (Lipinski definition) is 3. The van der Waals surface area contributed by atoms with Gasteiger partial charge in [-0.05, 0) is 43.2 Å². The molecule has 0 amide bonds. The summed E-state index contributed by atoms with van der Waals surface area (Å²) in [7, 11) is 1.56. The van der Waals surface area contributed by atoms with Crippen LogP contribution in [0.4, 0.5) is 4.39 Å². The molecule has 0 saturated heterocycles. The number of ether oxygens (including phenoxy) is 2. The van der Waals surface area contributed by atoms with Crippen molar-refractivity contribution in [3.8, 4) is 17.6 Å². The molecule has 0 bridgehead atoms. The van der Waals surface area contributed by atoms with Crippen LogP contribution in [-0.4, -0.2) is 13.2 Å². The van der Waals surface area contributed by atoms with Crippen molar-refractivity contribution in [2.75, 3.05) is 7.11 Å². The Morgan fingerprint density at radius 2 is 2.00 bits per heavy atom. The van der Waals surface area contributed by atoms with E-state index in [1.165, 1.54) is 6.07 Å². The lowest BCUT2D eigenvalue weighted by Crippen LogP contribution is -2.10. The van der Waals surface area contributed by atoms with Gasteiger partial charge in [0, 0.05) is 5.56 Å². The summed E-state index contributed by atoms with van der Waals surface area (Å²) in [5.74, 6) is 0.803. The maximum atomic E-state index is 13.9. The maximum Gasteiger partial charge on any atom is 0.161 e. The Morgan fingerprint density at radius 3 is 2.62 bits per heavy atom. The summed E-state index contributed by atoms with van der Waals surface area (Å²) in [4.78, 5) is 0. The zero-order valence-electron chi connectivity index (χ0n) is 14.0. The third kappa shape index (κ3) is 4.14. The number of allylic oxidation sites excluding steroid dienone is 1. The van der Waals surface area contributed by atoms with E-state index in [2.05, 4.69) is 6.07 Å². The Labute approximate surface area is 142 Å². The van der Waals surface area contributed by atoms with Crippen molar-refractivity contribution in [2.24, 2.45) is 0 Å². The molecule has 24 heavy (non-hydrogen) atoms. The van der Waals surface area contributed by atoms with Gasteiger partial charge in [0.25, 0.3) is 0 Å². The molecule has 0 fully saturated rings. The molecule has 124 valence electrons. The van der Waals surface area contributed by atoms with E-state index in [1.54, 1.807) is 43.5 Å². The Kier molecular flexibility index (Phi) is 5.97. The predicted molar refractivity (Wildman–Crippen MR) is 93.3 cm³/mol. The molecule has 0 N–H and O–H groups in total. The molecular formula is C20H20FNO2. The molecule has 3 nitrogen and oxygen atoms in total. The molecule has 2 aromatic rings. The molecule has 0 spiro atoms. The normalized spacial score (nSPS) is 12.4. The van der Waals surface area contributed by atoms with Crippen molar-refractivity contribution < 1.29 is 13.9 Å². The van der Waals surface area contributed by atoms with Gasteiger partial charge in [-0.2, -0.15) is 5.26 Å². The average molecular weight is 325 g/mol. The third-order valence-electron chi connectivity index (χ3n) is 3.69. The number of nitrogens with zero attached hydrogens (tertiary/aromatic N) is 1. The lowest BCUT2D eigenvalue weighted by Gasteiger charge is -2.15. The van der Waals surface area contributed by atoms with Crippen LogP contribution in [0, 0.1) is 17.1 Å². The van der Waals surface area contributed by atoms with Gasteiger partial charge in [0.05, 0.1) is 24.9 Å². The van der Waals surface area contributed by atoms with Crippen molar-refractivity contribution in [1.29, 1.82) is 5.26 Å². The quantitative estimate of drug-likeness (QED) is 0.549. The fraction of sp³-hybridized carbons (Fsp3) is 0.250. The Hall–Kier alpha value is -2.80. The zero-order valence-corrected chi connectivity index (χ0v) is 14.0.